The summed E-state index contributed by atoms with van der Waals surface area (Å²) in [5.74, 6) is 2.14. The van der Waals surface area contributed by atoms with Crippen LogP contribution in [0.5, 0.6) is 0 Å². The fraction of sp³-hybridized carbons (Fsp3) is 0.0714. The molecule has 1 N–H and O–H groups in total. The highest BCUT2D eigenvalue weighted by atomic mass is 35.5. The van der Waals surface area contributed by atoms with Gasteiger partial charge in [-0.25, -0.2) is 9.97 Å². The molecule has 0 aliphatic rings. The van der Waals surface area contributed by atoms with Crippen LogP contribution < -0.4 is 5.32 Å². The van der Waals surface area contributed by atoms with E-state index < -0.39 is 0 Å². The Morgan fingerprint density at radius 1 is 1.37 bits per heavy atom. The van der Waals surface area contributed by atoms with E-state index in [4.69, 9.17) is 18.0 Å². The number of carbonyl (C=O) groups is 1. The number of amides is 1. The molecule has 0 saturated carbocycles. The number of anilines is 1. The van der Waals surface area contributed by atoms with Gasteiger partial charge in [-0.2, -0.15) is 0 Å². The van der Waals surface area contributed by atoms with Gasteiger partial charge >= 0.3 is 0 Å². The minimum absolute atomic E-state index is 0.0440. The summed E-state index contributed by atoms with van der Waals surface area (Å²) in [5, 5.41) is 2.75. The van der Waals surface area contributed by atoms with Crippen LogP contribution in [-0.2, 0) is 0 Å². The van der Waals surface area contributed by atoms with Crippen molar-refractivity contribution >= 4 is 23.2 Å². The minimum atomic E-state index is -0.360. The number of hydrogen-bond donors (Lipinski definition) is 1. The van der Waals surface area contributed by atoms with E-state index in [1.807, 2.05) is 0 Å². The summed E-state index contributed by atoms with van der Waals surface area (Å²) < 4.78 is 0. The zero-order valence-electron chi connectivity index (χ0n) is 10.1. The van der Waals surface area contributed by atoms with Gasteiger partial charge in [-0.15, -0.1) is 6.42 Å². The summed E-state index contributed by atoms with van der Waals surface area (Å²) in [6.45, 7) is 1.74. The minimum Gasteiger partial charge on any atom is -0.321 e. The Bertz CT molecular complexity index is 656. The molecule has 5 heteroatoms. The number of hydrogen-bond acceptors (Lipinski definition) is 3. The number of nitrogens with zero attached hydrogens (tertiary/aromatic N) is 2. The Balaban J connectivity index is 2.23. The highest BCUT2D eigenvalue weighted by Gasteiger charge is 2.10. The number of carbonyl (C=O) groups excluding carboxylic acids is 1. The van der Waals surface area contributed by atoms with Gasteiger partial charge in [0.2, 0.25) is 5.28 Å². The van der Waals surface area contributed by atoms with Crippen molar-refractivity contribution in [3.05, 3.63) is 52.6 Å². The molecule has 1 aromatic heterocycles. The Hall–Kier alpha value is -2.38. The molecule has 1 heterocycles. The van der Waals surface area contributed by atoms with E-state index in [2.05, 4.69) is 21.2 Å². The van der Waals surface area contributed by atoms with E-state index in [9.17, 15) is 4.79 Å². The molecule has 0 spiro atoms. The molecule has 0 saturated heterocycles. The van der Waals surface area contributed by atoms with Crippen molar-refractivity contribution in [3.8, 4) is 12.3 Å². The van der Waals surface area contributed by atoms with Gasteiger partial charge < -0.3 is 5.32 Å². The van der Waals surface area contributed by atoms with Gasteiger partial charge in [-0.1, -0.05) is 12.0 Å². The van der Waals surface area contributed by atoms with Crippen LogP contribution in [0.4, 0.5) is 5.69 Å². The van der Waals surface area contributed by atoms with Crippen LogP contribution in [-0.4, -0.2) is 15.9 Å². The molecule has 19 heavy (non-hydrogen) atoms. The molecule has 0 aliphatic carbocycles. The number of halogens is 1. The molecular formula is C14H10ClN3O. The Morgan fingerprint density at radius 2 is 2.16 bits per heavy atom. The fourth-order valence-corrected chi connectivity index (χ4v) is 1.75. The van der Waals surface area contributed by atoms with E-state index in [0.29, 0.717) is 16.9 Å². The van der Waals surface area contributed by atoms with Crippen molar-refractivity contribution in [2.75, 3.05) is 5.32 Å². The van der Waals surface area contributed by atoms with Crippen LogP contribution in [0.3, 0.4) is 0 Å². The third-order valence-corrected chi connectivity index (χ3v) is 2.52. The van der Waals surface area contributed by atoms with Gasteiger partial charge in [0.05, 0.1) is 0 Å². The van der Waals surface area contributed by atoms with Crippen molar-refractivity contribution in [1.29, 1.82) is 0 Å². The molecule has 2 aromatic rings. The number of benzene rings is 1. The van der Waals surface area contributed by atoms with Crippen LogP contribution in [0.1, 0.15) is 21.7 Å². The van der Waals surface area contributed by atoms with Crippen molar-refractivity contribution in [3.63, 3.8) is 0 Å². The van der Waals surface area contributed by atoms with Crippen LogP contribution >= 0.6 is 11.6 Å². The lowest BCUT2D eigenvalue weighted by Crippen LogP contribution is -2.14. The predicted molar refractivity (Wildman–Crippen MR) is 74.1 cm³/mol. The highest BCUT2D eigenvalue weighted by Crippen LogP contribution is 2.12. The normalized spacial score (nSPS) is 9.74. The second-order valence-corrected chi connectivity index (χ2v) is 4.18. The lowest BCUT2D eigenvalue weighted by atomic mass is 10.2. The van der Waals surface area contributed by atoms with E-state index in [1.54, 1.807) is 37.3 Å². The summed E-state index contributed by atoms with van der Waals surface area (Å²) in [6.07, 6.45) is 5.30. The molecule has 0 aliphatic heterocycles. The quantitative estimate of drug-likeness (QED) is 0.675. The second-order valence-electron chi connectivity index (χ2n) is 3.84. The number of aryl methyl sites for hydroxylation is 1. The molecule has 4 nitrogen and oxygen atoms in total. The first kappa shape index (κ1) is 13.1. The van der Waals surface area contributed by atoms with Crippen molar-refractivity contribution in [2.45, 2.75) is 6.92 Å². The summed E-state index contributed by atoms with van der Waals surface area (Å²) >= 11 is 5.72. The molecule has 0 bridgehead atoms. The molecule has 2 rings (SSSR count). The first-order valence-corrected chi connectivity index (χ1v) is 5.85. The average Bonchev–Trinajstić information content (AvgIpc) is 2.37. The maximum atomic E-state index is 12.0. The maximum absolute atomic E-state index is 12.0. The molecule has 0 radical (unpaired) electrons. The van der Waals surface area contributed by atoms with Crippen molar-refractivity contribution < 1.29 is 4.79 Å². The zero-order valence-corrected chi connectivity index (χ0v) is 10.9. The lowest BCUT2D eigenvalue weighted by Gasteiger charge is -2.05. The van der Waals surface area contributed by atoms with Crippen molar-refractivity contribution in [1.82, 2.24) is 9.97 Å². The van der Waals surface area contributed by atoms with Crippen molar-refractivity contribution in [2.24, 2.45) is 0 Å². The third-order valence-electron chi connectivity index (χ3n) is 2.35. The summed E-state index contributed by atoms with van der Waals surface area (Å²) in [4.78, 5) is 19.8. The molecule has 0 atom stereocenters. The highest BCUT2D eigenvalue weighted by molar-refractivity contribution is 6.28. The largest absolute Gasteiger partial charge is 0.321 e. The number of rotatable bonds is 2. The summed E-state index contributed by atoms with van der Waals surface area (Å²) in [5.41, 5.74) is 2.13. The molecule has 0 unspecified atom stereocenters. The Kier molecular flexibility index (Phi) is 3.79. The molecule has 1 amide bonds. The number of terminal acetylenes is 1. The van der Waals surface area contributed by atoms with Gasteiger partial charge in [-0.3, -0.25) is 4.79 Å². The Labute approximate surface area is 115 Å². The predicted octanol–water partition coefficient (Wildman–Crippen LogP) is 2.67. The number of aromatic nitrogens is 2. The lowest BCUT2D eigenvalue weighted by molar-refractivity contribution is 0.102. The fourth-order valence-electron chi connectivity index (χ4n) is 1.53. The van der Waals surface area contributed by atoms with E-state index in [1.165, 1.54) is 0 Å². The molecule has 1 aromatic carbocycles. The van der Waals surface area contributed by atoms with Gasteiger partial charge in [0.1, 0.15) is 5.69 Å². The summed E-state index contributed by atoms with van der Waals surface area (Å²) in [6, 6.07) is 8.55. The smallest absolute Gasteiger partial charge is 0.274 e. The second kappa shape index (κ2) is 5.51. The number of nitrogens with one attached hydrogen (secondary N) is 1. The van der Waals surface area contributed by atoms with E-state index >= 15 is 0 Å². The third kappa shape index (κ3) is 3.30. The first-order valence-electron chi connectivity index (χ1n) is 5.47. The SMILES string of the molecule is C#Cc1cccc(NC(=O)c2cc(C)nc(Cl)n2)c1. The van der Waals surface area contributed by atoms with Gasteiger partial charge in [0, 0.05) is 16.9 Å². The zero-order chi connectivity index (χ0) is 13.8. The monoisotopic (exact) mass is 271 g/mol. The Morgan fingerprint density at radius 3 is 2.84 bits per heavy atom. The van der Waals surface area contributed by atoms with Gasteiger partial charge in [0.25, 0.3) is 5.91 Å². The van der Waals surface area contributed by atoms with Crippen LogP contribution in [0.2, 0.25) is 5.28 Å². The van der Waals surface area contributed by atoms with Crippen LogP contribution in [0.15, 0.2) is 30.3 Å². The van der Waals surface area contributed by atoms with Crippen LogP contribution in [0.25, 0.3) is 0 Å². The topological polar surface area (TPSA) is 54.9 Å². The molecular weight excluding hydrogens is 262 g/mol. The standard InChI is InChI=1S/C14H10ClN3O/c1-3-10-5-4-6-11(8-10)17-13(19)12-7-9(2)16-14(15)18-12/h1,4-8H,2H3,(H,17,19). The summed E-state index contributed by atoms with van der Waals surface area (Å²) in [7, 11) is 0. The van der Waals surface area contributed by atoms with Crippen LogP contribution in [0, 0.1) is 19.3 Å². The van der Waals surface area contributed by atoms with Gasteiger partial charge in [-0.05, 0) is 42.8 Å². The van der Waals surface area contributed by atoms with E-state index in [0.717, 1.165) is 0 Å². The van der Waals surface area contributed by atoms with Gasteiger partial charge in [0.15, 0.2) is 0 Å². The maximum Gasteiger partial charge on any atom is 0.274 e. The van der Waals surface area contributed by atoms with E-state index in [-0.39, 0.29) is 16.9 Å². The first-order chi connectivity index (χ1) is 9.08. The molecule has 0 fully saturated rings. The average molecular weight is 272 g/mol. The molecule has 94 valence electrons.